The largest absolute Gasteiger partial charge is 0.481 e. The molecule has 1 amide bonds. The van der Waals surface area contributed by atoms with E-state index in [1.165, 1.54) is 0 Å². The molecule has 1 N–H and O–H groups in total. The lowest BCUT2D eigenvalue weighted by atomic mass is 9.90. The highest BCUT2D eigenvalue weighted by Gasteiger charge is 2.31. The SMILES string of the molecule is CC(C)CC(C)N(C)C(=O)CN1CC(C)CC(C(=O)O)C1. The van der Waals surface area contributed by atoms with E-state index in [9.17, 15) is 14.7 Å². The molecule has 122 valence electrons. The van der Waals surface area contributed by atoms with E-state index < -0.39 is 5.97 Å². The number of likely N-dealkylation sites (N-methyl/N-ethyl adjacent to an activating group) is 1. The number of carbonyl (C=O) groups is 2. The fourth-order valence-corrected chi connectivity index (χ4v) is 3.16. The van der Waals surface area contributed by atoms with Crippen molar-refractivity contribution in [1.82, 2.24) is 9.80 Å². The van der Waals surface area contributed by atoms with Crippen molar-refractivity contribution >= 4 is 11.9 Å². The Morgan fingerprint density at radius 1 is 1.29 bits per heavy atom. The van der Waals surface area contributed by atoms with Gasteiger partial charge in [0.25, 0.3) is 0 Å². The van der Waals surface area contributed by atoms with Crippen molar-refractivity contribution < 1.29 is 14.7 Å². The Morgan fingerprint density at radius 2 is 1.90 bits per heavy atom. The van der Waals surface area contributed by atoms with Gasteiger partial charge in [0.15, 0.2) is 0 Å². The normalized spacial score (nSPS) is 24.9. The summed E-state index contributed by atoms with van der Waals surface area (Å²) in [4.78, 5) is 27.3. The first kappa shape index (κ1) is 18.0. The van der Waals surface area contributed by atoms with Crippen molar-refractivity contribution in [2.75, 3.05) is 26.7 Å². The van der Waals surface area contributed by atoms with Crippen LogP contribution in [0.2, 0.25) is 0 Å². The van der Waals surface area contributed by atoms with E-state index in [-0.39, 0.29) is 17.9 Å². The van der Waals surface area contributed by atoms with Crippen molar-refractivity contribution in [3.05, 3.63) is 0 Å². The predicted molar refractivity (Wildman–Crippen MR) is 83.0 cm³/mol. The van der Waals surface area contributed by atoms with Crippen LogP contribution in [0.5, 0.6) is 0 Å². The molecule has 0 saturated carbocycles. The molecule has 0 aromatic heterocycles. The first-order chi connectivity index (χ1) is 9.70. The highest BCUT2D eigenvalue weighted by molar-refractivity contribution is 5.78. The fraction of sp³-hybridized carbons (Fsp3) is 0.875. The van der Waals surface area contributed by atoms with Crippen LogP contribution in [-0.2, 0) is 9.59 Å². The maximum Gasteiger partial charge on any atom is 0.307 e. The second-order valence-corrected chi connectivity index (χ2v) is 7.05. The molecule has 3 atom stereocenters. The van der Waals surface area contributed by atoms with Gasteiger partial charge < -0.3 is 10.0 Å². The van der Waals surface area contributed by atoms with E-state index in [4.69, 9.17) is 0 Å². The number of hydrogen-bond acceptors (Lipinski definition) is 3. The van der Waals surface area contributed by atoms with E-state index in [1.807, 2.05) is 11.9 Å². The summed E-state index contributed by atoms with van der Waals surface area (Å²) in [5, 5.41) is 9.18. The number of aliphatic carboxylic acids is 1. The maximum atomic E-state index is 12.4. The van der Waals surface area contributed by atoms with Gasteiger partial charge in [-0.05, 0) is 31.6 Å². The number of carboxylic acids is 1. The standard InChI is InChI=1S/C16H30N2O3/c1-11(2)6-13(4)17(5)15(19)10-18-8-12(3)7-14(9-18)16(20)21/h11-14H,6-10H2,1-5H3,(H,20,21). The minimum absolute atomic E-state index is 0.0846. The summed E-state index contributed by atoms with van der Waals surface area (Å²) in [7, 11) is 1.84. The second-order valence-electron chi connectivity index (χ2n) is 7.05. The number of hydrogen-bond donors (Lipinski definition) is 1. The molecule has 0 aliphatic carbocycles. The minimum Gasteiger partial charge on any atom is -0.481 e. The molecule has 1 saturated heterocycles. The van der Waals surface area contributed by atoms with Crippen molar-refractivity contribution in [3.63, 3.8) is 0 Å². The molecule has 1 aliphatic rings. The van der Waals surface area contributed by atoms with Crippen LogP contribution in [0.4, 0.5) is 0 Å². The van der Waals surface area contributed by atoms with Crippen LogP contribution >= 0.6 is 0 Å². The van der Waals surface area contributed by atoms with Crippen LogP contribution in [-0.4, -0.2) is 59.5 Å². The summed E-state index contributed by atoms with van der Waals surface area (Å²) < 4.78 is 0. The van der Waals surface area contributed by atoms with Crippen LogP contribution in [0.25, 0.3) is 0 Å². The molecule has 0 spiro atoms. The van der Waals surface area contributed by atoms with Gasteiger partial charge in [0, 0.05) is 26.2 Å². The maximum absolute atomic E-state index is 12.4. The summed E-state index contributed by atoms with van der Waals surface area (Å²) in [6.45, 7) is 10.0. The Morgan fingerprint density at radius 3 is 2.43 bits per heavy atom. The summed E-state index contributed by atoms with van der Waals surface area (Å²) in [6, 6.07) is 0.218. The topological polar surface area (TPSA) is 60.9 Å². The molecule has 1 heterocycles. The van der Waals surface area contributed by atoms with E-state index in [2.05, 4.69) is 27.7 Å². The zero-order valence-electron chi connectivity index (χ0n) is 14.0. The number of nitrogens with zero attached hydrogens (tertiary/aromatic N) is 2. The summed E-state index contributed by atoms with van der Waals surface area (Å²) in [6.07, 6.45) is 1.69. The summed E-state index contributed by atoms with van der Waals surface area (Å²) >= 11 is 0. The van der Waals surface area contributed by atoms with Gasteiger partial charge in [0.1, 0.15) is 0 Å². The summed E-state index contributed by atoms with van der Waals surface area (Å²) in [5.41, 5.74) is 0. The highest BCUT2D eigenvalue weighted by Crippen LogP contribution is 2.22. The third-order valence-corrected chi connectivity index (χ3v) is 4.31. The summed E-state index contributed by atoms with van der Waals surface area (Å²) in [5.74, 6) is -0.130. The van der Waals surface area contributed by atoms with Crippen LogP contribution < -0.4 is 0 Å². The van der Waals surface area contributed by atoms with E-state index in [1.54, 1.807) is 4.90 Å². The van der Waals surface area contributed by atoms with Gasteiger partial charge in [-0.2, -0.15) is 0 Å². The van der Waals surface area contributed by atoms with Gasteiger partial charge in [-0.3, -0.25) is 14.5 Å². The first-order valence-electron chi connectivity index (χ1n) is 7.91. The molecule has 0 aromatic rings. The number of amides is 1. The van der Waals surface area contributed by atoms with Gasteiger partial charge in [-0.15, -0.1) is 0 Å². The van der Waals surface area contributed by atoms with E-state index in [0.717, 1.165) is 13.0 Å². The predicted octanol–water partition coefficient (Wildman–Crippen LogP) is 1.92. The van der Waals surface area contributed by atoms with Gasteiger partial charge >= 0.3 is 5.97 Å². The van der Waals surface area contributed by atoms with Crippen LogP contribution in [0.1, 0.15) is 40.5 Å². The Bertz CT molecular complexity index is 371. The third kappa shape index (κ3) is 5.65. The number of carbonyl (C=O) groups excluding carboxylic acids is 1. The number of piperidine rings is 1. The van der Waals surface area contributed by atoms with Crippen LogP contribution in [0.3, 0.4) is 0 Å². The average Bonchev–Trinajstić information content (AvgIpc) is 2.36. The molecule has 5 heteroatoms. The first-order valence-corrected chi connectivity index (χ1v) is 7.91. The van der Waals surface area contributed by atoms with Crippen LogP contribution in [0.15, 0.2) is 0 Å². The third-order valence-electron chi connectivity index (χ3n) is 4.31. The van der Waals surface area contributed by atoms with Gasteiger partial charge in [-0.25, -0.2) is 0 Å². The van der Waals surface area contributed by atoms with Gasteiger partial charge in [0.05, 0.1) is 12.5 Å². The highest BCUT2D eigenvalue weighted by atomic mass is 16.4. The average molecular weight is 298 g/mol. The Balaban J connectivity index is 2.54. The Labute approximate surface area is 128 Å². The zero-order chi connectivity index (χ0) is 16.2. The molecular weight excluding hydrogens is 268 g/mol. The molecule has 3 unspecified atom stereocenters. The number of likely N-dealkylation sites (tertiary alicyclic amines) is 1. The monoisotopic (exact) mass is 298 g/mol. The smallest absolute Gasteiger partial charge is 0.307 e. The molecule has 0 aromatic carbocycles. The second kappa shape index (κ2) is 7.78. The Hall–Kier alpha value is -1.10. The number of rotatable bonds is 6. The molecule has 1 aliphatic heterocycles. The van der Waals surface area contributed by atoms with Crippen LogP contribution in [0, 0.1) is 17.8 Å². The quantitative estimate of drug-likeness (QED) is 0.814. The van der Waals surface area contributed by atoms with Crippen molar-refractivity contribution in [3.8, 4) is 0 Å². The molecule has 1 rings (SSSR count). The lowest BCUT2D eigenvalue weighted by Gasteiger charge is -2.36. The fourth-order valence-electron chi connectivity index (χ4n) is 3.16. The van der Waals surface area contributed by atoms with Gasteiger partial charge in [0.2, 0.25) is 5.91 Å². The minimum atomic E-state index is -0.750. The number of carboxylic acid groups (broad SMARTS) is 1. The van der Waals surface area contributed by atoms with Crippen molar-refractivity contribution in [2.45, 2.75) is 46.6 Å². The molecule has 21 heavy (non-hydrogen) atoms. The van der Waals surface area contributed by atoms with E-state index in [0.29, 0.717) is 31.3 Å². The van der Waals surface area contributed by atoms with Gasteiger partial charge in [-0.1, -0.05) is 20.8 Å². The van der Waals surface area contributed by atoms with Crippen molar-refractivity contribution in [1.29, 1.82) is 0 Å². The van der Waals surface area contributed by atoms with Crippen molar-refractivity contribution in [2.24, 2.45) is 17.8 Å². The van der Waals surface area contributed by atoms with E-state index >= 15 is 0 Å². The molecule has 1 fully saturated rings. The molecule has 5 nitrogen and oxygen atoms in total. The molecule has 0 radical (unpaired) electrons. The lowest BCUT2D eigenvalue weighted by Crippen LogP contribution is -2.48. The molecule has 0 bridgehead atoms. The molecular formula is C16H30N2O3. The zero-order valence-corrected chi connectivity index (χ0v) is 14.0. The Kier molecular flexibility index (Phi) is 6.65. The lowest BCUT2D eigenvalue weighted by molar-refractivity contribution is -0.146.